The summed E-state index contributed by atoms with van der Waals surface area (Å²) in [4.78, 5) is 2.12. The first-order valence-electron chi connectivity index (χ1n) is 9.05. The fourth-order valence-corrected chi connectivity index (χ4v) is 4.20. The van der Waals surface area contributed by atoms with Gasteiger partial charge in [-0.05, 0) is 48.3 Å². The first-order valence-corrected chi connectivity index (χ1v) is 9.46. The second-order valence-electron chi connectivity index (χ2n) is 7.12. The molecule has 0 spiro atoms. The number of benzene rings is 2. The van der Waals surface area contributed by atoms with Crippen LogP contribution in [0.3, 0.4) is 0 Å². The van der Waals surface area contributed by atoms with Gasteiger partial charge >= 0.3 is 0 Å². The van der Waals surface area contributed by atoms with Gasteiger partial charge in [0.05, 0.1) is 11.8 Å². The lowest BCUT2D eigenvalue weighted by molar-refractivity contribution is 0.305. The fourth-order valence-electron chi connectivity index (χ4n) is 4.05. The third-order valence-corrected chi connectivity index (χ3v) is 5.79. The summed E-state index contributed by atoms with van der Waals surface area (Å²) < 4.78 is 0. The minimum atomic E-state index is 0.148. The second-order valence-corrected chi connectivity index (χ2v) is 7.50. The average molecular weight is 365 g/mol. The number of nitrogens with one attached hydrogen (secondary N) is 1. The zero-order valence-electron chi connectivity index (χ0n) is 15.4. The van der Waals surface area contributed by atoms with Crippen molar-refractivity contribution in [2.45, 2.75) is 18.9 Å². The first kappa shape index (κ1) is 17.0. The quantitative estimate of drug-likeness (QED) is 0.825. The van der Waals surface area contributed by atoms with Crippen LogP contribution in [0.4, 0.5) is 5.69 Å². The average Bonchev–Trinajstić information content (AvgIpc) is 3.07. The van der Waals surface area contributed by atoms with E-state index in [0.29, 0.717) is 11.0 Å². The molecule has 1 heterocycles. The lowest BCUT2D eigenvalue weighted by atomic mass is 9.77. The van der Waals surface area contributed by atoms with Gasteiger partial charge in [-0.25, -0.2) is 5.01 Å². The maximum absolute atomic E-state index is 5.58. The Balaban J connectivity index is 1.76. The molecule has 0 bridgehead atoms. The van der Waals surface area contributed by atoms with Gasteiger partial charge in [-0.2, -0.15) is 5.10 Å². The topological polar surface area (TPSA) is 30.9 Å². The van der Waals surface area contributed by atoms with Gasteiger partial charge in [0.1, 0.15) is 0 Å². The third kappa shape index (κ3) is 2.76. The summed E-state index contributed by atoms with van der Waals surface area (Å²) in [5.41, 5.74) is 6.30. The van der Waals surface area contributed by atoms with Crippen LogP contribution in [-0.4, -0.2) is 37.0 Å². The van der Waals surface area contributed by atoms with Crippen LogP contribution in [0, 0.1) is 5.92 Å². The van der Waals surface area contributed by atoms with Gasteiger partial charge in [-0.1, -0.05) is 36.4 Å². The molecular formula is C21H24N4S. The van der Waals surface area contributed by atoms with Gasteiger partial charge in [-0.3, -0.25) is 0 Å². The van der Waals surface area contributed by atoms with Crippen molar-refractivity contribution in [3.05, 3.63) is 65.2 Å². The molecule has 1 aliphatic carbocycles. The van der Waals surface area contributed by atoms with Crippen LogP contribution in [0.1, 0.15) is 29.2 Å². The van der Waals surface area contributed by atoms with Crippen LogP contribution in [0.2, 0.25) is 0 Å². The second kappa shape index (κ2) is 6.72. The Kier molecular flexibility index (Phi) is 4.41. The molecule has 134 valence electrons. The molecule has 0 fully saturated rings. The van der Waals surface area contributed by atoms with E-state index >= 15 is 0 Å². The molecule has 0 amide bonds. The highest BCUT2D eigenvalue weighted by Crippen LogP contribution is 2.43. The number of nitrogens with zero attached hydrogens (tertiary/aromatic N) is 3. The normalized spacial score (nSPS) is 20.9. The highest BCUT2D eigenvalue weighted by atomic mass is 32.1. The zero-order valence-corrected chi connectivity index (χ0v) is 16.3. The molecule has 5 heteroatoms. The van der Waals surface area contributed by atoms with E-state index in [9.17, 15) is 0 Å². The molecule has 0 saturated heterocycles. The lowest BCUT2D eigenvalue weighted by Gasteiger charge is -2.30. The number of hydrogen-bond acceptors (Lipinski definition) is 3. The van der Waals surface area contributed by atoms with Crippen LogP contribution >= 0.6 is 12.2 Å². The van der Waals surface area contributed by atoms with E-state index in [1.807, 2.05) is 12.1 Å². The van der Waals surface area contributed by atoms with Crippen molar-refractivity contribution in [3.8, 4) is 0 Å². The molecule has 1 aliphatic heterocycles. The van der Waals surface area contributed by atoms with Gasteiger partial charge in [-0.15, -0.1) is 0 Å². The molecule has 0 radical (unpaired) electrons. The Labute approximate surface area is 160 Å². The van der Waals surface area contributed by atoms with Crippen molar-refractivity contribution in [1.29, 1.82) is 0 Å². The predicted octanol–water partition coefficient (Wildman–Crippen LogP) is 3.58. The molecule has 2 unspecified atom stereocenters. The van der Waals surface area contributed by atoms with Crippen molar-refractivity contribution in [1.82, 2.24) is 10.3 Å². The van der Waals surface area contributed by atoms with Crippen molar-refractivity contribution in [2.24, 2.45) is 11.0 Å². The lowest BCUT2D eigenvalue weighted by Crippen LogP contribution is -2.37. The summed E-state index contributed by atoms with van der Waals surface area (Å²) in [6.07, 6.45) is 2.19. The third-order valence-electron chi connectivity index (χ3n) is 5.40. The van der Waals surface area contributed by atoms with Crippen molar-refractivity contribution >= 4 is 28.7 Å². The molecule has 2 aromatic carbocycles. The monoisotopic (exact) mass is 364 g/mol. The molecule has 2 atom stereocenters. The standard InChI is InChI=1S/C21H24N4S/c1-22-21(26)25-20(15-8-11-16(12-9-15)24(2)3)18-13-10-14-6-4-5-7-17(14)19(18)23-25/h4-9,11-12,18,20H,10,13H2,1-3H3,(H,22,26). The van der Waals surface area contributed by atoms with Crippen molar-refractivity contribution in [2.75, 3.05) is 26.0 Å². The summed E-state index contributed by atoms with van der Waals surface area (Å²) in [5.74, 6) is 0.362. The van der Waals surface area contributed by atoms with E-state index in [1.54, 1.807) is 0 Å². The van der Waals surface area contributed by atoms with E-state index in [1.165, 1.54) is 28.1 Å². The molecule has 2 aliphatic rings. The summed E-state index contributed by atoms with van der Waals surface area (Å²) >= 11 is 5.58. The summed E-state index contributed by atoms with van der Waals surface area (Å²) in [6, 6.07) is 17.5. The van der Waals surface area contributed by atoms with Crippen LogP contribution in [0.25, 0.3) is 0 Å². The van der Waals surface area contributed by atoms with Gasteiger partial charge in [0.15, 0.2) is 5.11 Å². The van der Waals surface area contributed by atoms with Crippen molar-refractivity contribution in [3.63, 3.8) is 0 Å². The van der Waals surface area contributed by atoms with Crippen molar-refractivity contribution < 1.29 is 0 Å². The summed E-state index contributed by atoms with van der Waals surface area (Å²) in [7, 11) is 5.99. The molecule has 4 rings (SSSR count). The Morgan fingerprint density at radius 2 is 1.88 bits per heavy atom. The number of aryl methyl sites for hydroxylation is 1. The molecule has 26 heavy (non-hydrogen) atoms. The van der Waals surface area contributed by atoms with Crippen LogP contribution in [-0.2, 0) is 6.42 Å². The fraction of sp³-hybridized carbons (Fsp3) is 0.333. The van der Waals surface area contributed by atoms with Gasteiger partial charge in [0, 0.05) is 38.3 Å². The number of hydrogen-bond donors (Lipinski definition) is 1. The van der Waals surface area contributed by atoms with E-state index < -0.39 is 0 Å². The number of thiocarbonyl (C=S) groups is 1. The van der Waals surface area contributed by atoms with Crippen LogP contribution in [0.5, 0.6) is 0 Å². The molecular weight excluding hydrogens is 340 g/mol. The largest absolute Gasteiger partial charge is 0.378 e. The maximum Gasteiger partial charge on any atom is 0.189 e. The van der Waals surface area contributed by atoms with Gasteiger partial charge in [0.25, 0.3) is 0 Å². The van der Waals surface area contributed by atoms with Crippen LogP contribution in [0.15, 0.2) is 53.6 Å². The van der Waals surface area contributed by atoms with Crippen LogP contribution < -0.4 is 10.2 Å². The predicted molar refractivity (Wildman–Crippen MR) is 112 cm³/mol. The first-order chi connectivity index (χ1) is 12.6. The van der Waals surface area contributed by atoms with E-state index in [0.717, 1.165) is 12.8 Å². The maximum atomic E-state index is 5.58. The number of anilines is 1. The van der Waals surface area contributed by atoms with E-state index in [2.05, 4.69) is 72.8 Å². The Morgan fingerprint density at radius 1 is 1.15 bits per heavy atom. The molecule has 1 N–H and O–H groups in total. The Hall–Kier alpha value is -2.40. The van der Waals surface area contributed by atoms with E-state index in [4.69, 9.17) is 17.3 Å². The minimum absolute atomic E-state index is 0.148. The zero-order chi connectivity index (χ0) is 18.3. The number of fused-ring (bicyclic) bond motifs is 3. The van der Waals surface area contributed by atoms with Gasteiger partial charge < -0.3 is 10.2 Å². The number of rotatable bonds is 2. The molecule has 2 aromatic rings. The highest BCUT2D eigenvalue weighted by Gasteiger charge is 2.42. The smallest absolute Gasteiger partial charge is 0.189 e. The van der Waals surface area contributed by atoms with E-state index in [-0.39, 0.29) is 6.04 Å². The minimum Gasteiger partial charge on any atom is -0.378 e. The summed E-state index contributed by atoms with van der Waals surface area (Å²) in [5, 5.41) is 10.8. The highest BCUT2D eigenvalue weighted by molar-refractivity contribution is 7.80. The Morgan fingerprint density at radius 3 is 2.58 bits per heavy atom. The number of hydrazone groups is 1. The SMILES string of the molecule is CNC(=S)N1N=C2c3ccccc3CCC2C1c1ccc(N(C)C)cc1. The molecule has 0 saturated carbocycles. The molecule has 4 nitrogen and oxygen atoms in total. The Bertz CT molecular complexity index is 857. The van der Waals surface area contributed by atoms with Gasteiger partial charge in [0.2, 0.25) is 0 Å². The summed E-state index contributed by atoms with van der Waals surface area (Å²) in [6.45, 7) is 0. The molecule has 0 aromatic heterocycles.